The summed E-state index contributed by atoms with van der Waals surface area (Å²) in [5, 5.41) is 0. The number of rotatable bonds is 9. The molecule has 2 heteroatoms. The van der Waals surface area contributed by atoms with Crippen molar-refractivity contribution in [1.29, 1.82) is 0 Å². The molecule has 0 aliphatic carbocycles. The topological polar surface area (TPSA) is 6.48 Å². The molecule has 0 spiro atoms. The summed E-state index contributed by atoms with van der Waals surface area (Å²) in [6, 6.07) is 0.852. The minimum atomic E-state index is 0.852. The van der Waals surface area contributed by atoms with Gasteiger partial charge in [0.15, 0.2) is 0 Å². The zero-order valence-electron chi connectivity index (χ0n) is 13.0. The fraction of sp³-hybridized carbons (Fsp3) is 1.00. The van der Waals surface area contributed by atoms with Gasteiger partial charge in [-0.05, 0) is 19.4 Å². The predicted molar refractivity (Wildman–Crippen MR) is 81.1 cm³/mol. The first kappa shape index (κ1) is 16.0. The van der Waals surface area contributed by atoms with E-state index in [4.69, 9.17) is 0 Å². The third-order valence-corrected chi connectivity index (χ3v) is 4.48. The van der Waals surface area contributed by atoms with E-state index in [0.717, 1.165) is 6.04 Å². The van der Waals surface area contributed by atoms with Gasteiger partial charge in [-0.15, -0.1) is 0 Å². The van der Waals surface area contributed by atoms with Crippen LogP contribution < -0.4 is 0 Å². The van der Waals surface area contributed by atoms with Gasteiger partial charge in [0.1, 0.15) is 0 Å². The SMILES string of the molecule is CCCCCCCC(CC)N1CCN(CC)CC1. The summed E-state index contributed by atoms with van der Waals surface area (Å²) in [6.07, 6.45) is 9.86. The van der Waals surface area contributed by atoms with Crippen molar-refractivity contribution in [2.45, 2.75) is 71.8 Å². The van der Waals surface area contributed by atoms with Crippen LogP contribution >= 0.6 is 0 Å². The van der Waals surface area contributed by atoms with Gasteiger partial charge in [-0.3, -0.25) is 4.90 Å². The molecule has 0 N–H and O–H groups in total. The van der Waals surface area contributed by atoms with Crippen molar-refractivity contribution >= 4 is 0 Å². The highest BCUT2D eigenvalue weighted by Gasteiger charge is 2.21. The third kappa shape index (κ3) is 5.71. The third-order valence-electron chi connectivity index (χ3n) is 4.48. The highest BCUT2D eigenvalue weighted by Crippen LogP contribution is 2.16. The van der Waals surface area contributed by atoms with E-state index in [1.165, 1.54) is 77.7 Å². The molecule has 1 unspecified atom stereocenters. The molecule has 0 aromatic heterocycles. The van der Waals surface area contributed by atoms with E-state index < -0.39 is 0 Å². The summed E-state index contributed by atoms with van der Waals surface area (Å²) in [7, 11) is 0. The molecule has 2 nitrogen and oxygen atoms in total. The molecule has 0 aromatic carbocycles. The zero-order valence-corrected chi connectivity index (χ0v) is 13.0. The zero-order chi connectivity index (χ0) is 13.2. The van der Waals surface area contributed by atoms with Crippen molar-refractivity contribution < 1.29 is 0 Å². The van der Waals surface area contributed by atoms with E-state index in [9.17, 15) is 0 Å². The summed E-state index contributed by atoms with van der Waals surface area (Å²) in [4.78, 5) is 5.32. The maximum atomic E-state index is 2.74. The molecular weight excluding hydrogens is 220 g/mol. The van der Waals surface area contributed by atoms with E-state index in [-0.39, 0.29) is 0 Å². The molecule has 1 heterocycles. The minimum Gasteiger partial charge on any atom is -0.301 e. The molecule has 1 aliphatic rings. The van der Waals surface area contributed by atoms with Crippen LogP contribution in [0.1, 0.15) is 65.7 Å². The Morgan fingerprint density at radius 3 is 2.06 bits per heavy atom. The molecule has 1 atom stereocenters. The van der Waals surface area contributed by atoms with Crippen molar-refractivity contribution in [1.82, 2.24) is 9.80 Å². The van der Waals surface area contributed by atoms with Crippen LogP contribution in [0.25, 0.3) is 0 Å². The quantitative estimate of drug-likeness (QED) is 0.578. The Morgan fingerprint density at radius 1 is 0.833 bits per heavy atom. The second-order valence-electron chi connectivity index (χ2n) is 5.74. The van der Waals surface area contributed by atoms with Gasteiger partial charge in [-0.25, -0.2) is 0 Å². The Hall–Kier alpha value is -0.0800. The molecule has 0 amide bonds. The van der Waals surface area contributed by atoms with Crippen LogP contribution in [0.4, 0.5) is 0 Å². The lowest BCUT2D eigenvalue weighted by molar-refractivity contribution is 0.0920. The van der Waals surface area contributed by atoms with Crippen LogP contribution in [-0.2, 0) is 0 Å². The Bertz CT molecular complexity index is 186. The van der Waals surface area contributed by atoms with E-state index >= 15 is 0 Å². The molecule has 1 fully saturated rings. The number of likely N-dealkylation sites (N-methyl/N-ethyl adjacent to an activating group) is 1. The molecule has 1 saturated heterocycles. The second-order valence-corrected chi connectivity index (χ2v) is 5.74. The fourth-order valence-electron chi connectivity index (χ4n) is 3.07. The number of unbranched alkanes of at least 4 members (excludes halogenated alkanes) is 4. The van der Waals surface area contributed by atoms with Crippen molar-refractivity contribution in [3.63, 3.8) is 0 Å². The lowest BCUT2D eigenvalue weighted by Gasteiger charge is -2.38. The number of nitrogens with zero attached hydrogens (tertiary/aromatic N) is 2. The summed E-state index contributed by atoms with van der Waals surface area (Å²) in [6.45, 7) is 13.3. The first-order chi connectivity index (χ1) is 8.81. The molecule has 1 aliphatic heterocycles. The van der Waals surface area contributed by atoms with Crippen LogP contribution in [0.3, 0.4) is 0 Å². The van der Waals surface area contributed by atoms with Crippen molar-refractivity contribution in [2.75, 3.05) is 32.7 Å². The highest BCUT2D eigenvalue weighted by molar-refractivity contribution is 4.77. The number of piperazine rings is 1. The molecule has 0 bridgehead atoms. The Labute approximate surface area is 115 Å². The lowest BCUT2D eigenvalue weighted by atomic mass is 10.0. The van der Waals surface area contributed by atoms with E-state index in [2.05, 4.69) is 30.6 Å². The van der Waals surface area contributed by atoms with Crippen LogP contribution in [-0.4, -0.2) is 48.6 Å². The smallest absolute Gasteiger partial charge is 0.0113 e. The molecule has 0 aromatic rings. The maximum absolute atomic E-state index is 2.74. The first-order valence-electron chi connectivity index (χ1n) is 8.28. The molecule has 108 valence electrons. The molecular formula is C16H34N2. The van der Waals surface area contributed by atoms with Gasteiger partial charge in [-0.1, -0.05) is 52.9 Å². The van der Waals surface area contributed by atoms with Crippen LogP contribution in [0.2, 0.25) is 0 Å². The molecule has 0 radical (unpaired) electrons. The minimum absolute atomic E-state index is 0.852. The van der Waals surface area contributed by atoms with Gasteiger partial charge in [0.25, 0.3) is 0 Å². The number of hydrogen-bond acceptors (Lipinski definition) is 2. The van der Waals surface area contributed by atoms with Gasteiger partial charge >= 0.3 is 0 Å². The van der Waals surface area contributed by atoms with Gasteiger partial charge in [0.05, 0.1) is 0 Å². The highest BCUT2D eigenvalue weighted by atomic mass is 15.3. The summed E-state index contributed by atoms with van der Waals surface area (Å²) < 4.78 is 0. The Morgan fingerprint density at radius 2 is 1.50 bits per heavy atom. The molecule has 0 saturated carbocycles. The average molecular weight is 254 g/mol. The largest absolute Gasteiger partial charge is 0.301 e. The Kier molecular flexibility index (Phi) is 8.70. The van der Waals surface area contributed by atoms with Gasteiger partial charge < -0.3 is 4.90 Å². The van der Waals surface area contributed by atoms with Gasteiger partial charge in [-0.2, -0.15) is 0 Å². The normalized spacial score (nSPS) is 20.2. The maximum Gasteiger partial charge on any atom is 0.0113 e. The summed E-state index contributed by atoms with van der Waals surface area (Å²) in [5.41, 5.74) is 0. The monoisotopic (exact) mass is 254 g/mol. The second kappa shape index (κ2) is 9.80. The Balaban J connectivity index is 2.16. The summed E-state index contributed by atoms with van der Waals surface area (Å²) >= 11 is 0. The van der Waals surface area contributed by atoms with Crippen LogP contribution in [0.15, 0.2) is 0 Å². The van der Waals surface area contributed by atoms with Crippen molar-refractivity contribution in [2.24, 2.45) is 0 Å². The molecule has 1 rings (SSSR count). The first-order valence-corrected chi connectivity index (χ1v) is 8.28. The standard InChI is InChI=1S/C16H34N2/c1-4-7-8-9-10-11-16(5-2)18-14-12-17(6-3)13-15-18/h16H,4-15H2,1-3H3. The number of hydrogen-bond donors (Lipinski definition) is 0. The van der Waals surface area contributed by atoms with Crippen molar-refractivity contribution in [3.8, 4) is 0 Å². The van der Waals surface area contributed by atoms with E-state index in [1.54, 1.807) is 0 Å². The van der Waals surface area contributed by atoms with Gasteiger partial charge in [0, 0.05) is 32.2 Å². The van der Waals surface area contributed by atoms with E-state index in [1.807, 2.05) is 0 Å². The molecule has 18 heavy (non-hydrogen) atoms. The van der Waals surface area contributed by atoms with Crippen LogP contribution in [0.5, 0.6) is 0 Å². The lowest BCUT2D eigenvalue weighted by Crippen LogP contribution is -2.50. The predicted octanol–water partition coefficient (Wildman–Crippen LogP) is 3.76. The summed E-state index contributed by atoms with van der Waals surface area (Å²) in [5.74, 6) is 0. The van der Waals surface area contributed by atoms with Gasteiger partial charge in [0.2, 0.25) is 0 Å². The average Bonchev–Trinajstić information content (AvgIpc) is 2.43. The van der Waals surface area contributed by atoms with Crippen molar-refractivity contribution in [3.05, 3.63) is 0 Å². The van der Waals surface area contributed by atoms with E-state index in [0.29, 0.717) is 0 Å². The van der Waals surface area contributed by atoms with Crippen LogP contribution in [0, 0.1) is 0 Å². The fourth-order valence-corrected chi connectivity index (χ4v) is 3.07.